The minimum absolute atomic E-state index is 0.000854. The highest BCUT2D eigenvalue weighted by Crippen LogP contribution is 2.19. The van der Waals surface area contributed by atoms with Crippen molar-refractivity contribution in [2.45, 2.75) is 0 Å². The zero-order valence-electron chi connectivity index (χ0n) is 17.3. The second kappa shape index (κ2) is 9.75. The number of nitrogens with zero attached hydrogens (tertiary/aromatic N) is 5. The summed E-state index contributed by atoms with van der Waals surface area (Å²) in [5, 5.41) is 11.6. The van der Waals surface area contributed by atoms with Gasteiger partial charge in [-0.15, -0.1) is 10.2 Å². The van der Waals surface area contributed by atoms with Gasteiger partial charge in [0.25, 0.3) is 5.91 Å². The number of carbonyl (C=O) groups is 1. The molecule has 1 fully saturated rings. The molecule has 0 bridgehead atoms. The van der Waals surface area contributed by atoms with Crippen LogP contribution in [0, 0.1) is 0 Å². The number of hydrogen-bond acceptors (Lipinski definition) is 8. The van der Waals surface area contributed by atoms with Gasteiger partial charge in [-0.25, -0.2) is 4.98 Å². The van der Waals surface area contributed by atoms with Crippen molar-refractivity contribution in [2.75, 3.05) is 50.1 Å². The Bertz CT molecular complexity index is 992. The fourth-order valence-electron chi connectivity index (χ4n) is 3.24. The van der Waals surface area contributed by atoms with Crippen molar-refractivity contribution in [1.29, 1.82) is 0 Å². The van der Waals surface area contributed by atoms with E-state index in [2.05, 4.69) is 25.4 Å². The molecule has 4 rings (SSSR count). The molecular weight excluding hydrogens is 396 g/mol. The quantitative estimate of drug-likeness (QED) is 0.623. The highest BCUT2D eigenvalue weighted by Gasteiger charge is 2.22. The molecule has 2 aromatic heterocycles. The molecule has 1 aliphatic rings. The van der Waals surface area contributed by atoms with Crippen LogP contribution in [0.5, 0.6) is 11.5 Å². The topological polar surface area (TPSA) is 92.7 Å². The zero-order chi connectivity index (χ0) is 21.5. The summed E-state index contributed by atoms with van der Waals surface area (Å²) in [6.07, 6.45) is 1.71. The number of anilines is 3. The molecule has 160 valence electrons. The van der Waals surface area contributed by atoms with Gasteiger partial charge in [-0.05, 0) is 36.4 Å². The summed E-state index contributed by atoms with van der Waals surface area (Å²) in [5.74, 6) is 3.40. The molecule has 0 saturated carbocycles. The molecule has 1 amide bonds. The SMILES string of the molecule is COc1cccc(OCC(=O)N2CCN(c3ccc(Nc4ccccn4)nn3)CC2)c1. The Kier molecular flexibility index (Phi) is 6.41. The lowest BCUT2D eigenvalue weighted by Gasteiger charge is -2.35. The second-order valence-electron chi connectivity index (χ2n) is 6.95. The molecule has 0 spiro atoms. The number of methoxy groups -OCH3 is 1. The molecule has 0 aliphatic carbocycles. The molecule has 3 aromatic rings. The van der Waals surface area contributed by atoms with Crippen LogP contribution < -0.4 is 19.7 Å². The lowest BCUT2D eigenvalue weighted by molar-refractivity contribution is -0.133. The van der Waals surface area contributed by atoms with Crippen LogP contribution in [-0.4, -0.2) is 65.9 Å². The van der Waals surface area contributed by atoms with E-state index in [0.717, 1.165) is 5.82 Å². The average molecular weight is 420 g/mol. The Balaban J connectivity index is 1.25. The van der Waals surface area contributed by atoms with Crippen LogP contribution in [0.3, 0.4) is 0 Å². The average Bonchev–Trinajstić information content (AvgIpc) is 2.84. The van der Waals surface area contributed by atoms with E-state index in [1.54, 1.807) is 30.3 Å². The molecule has 3 heterocycles. The number of benzene rings is 1. The van der Waals surface area contributed by atoms with Crippen molar-refractivity contribution in [3.63, 3.8) is 0 Å². The molecule has 0 unspecified atom stereocenters. The predicted octanol–water partition coefficient (Wildman–Crippen LogP) is 2.35. The number of carbonyl (C=O) groups excluding carboxylic acids is 1. The largest absolute Gasteiger partial charge is 0.497 e. The van der Waals surface area contributed by atoms with Gasteiger partial charge in [0.2, 0.25) is 0 Å². The van der Waals surface area contributed by atoms with Gasteiger partial charge in [-0.2, -0.15) is 0 Å². The highest BCUT2D eigenvalue weighted by atomic mass is 16.5. The van der Waals surface area contributed by atoms with Gasteiger partial charge >= 0.3 is 0 Å². The van der Waals surface area contributed by atoms with Crippen LogP contribution >= 0.6 is 0 Å². The van der Waals surface area contributed by atoms with E-state index in [1.807, 2.05) is 42.5 Å². The number of hydrogen-bond donors (Lipinski definition) is 1. The predicted molar refractivity (Wildman–Crippen MR) is 117 cm³/mol. The summed E-state index contributed by atoms with van der Waals surface area (Å²) in [6, 6.07) is 16.6. The maximum Gasteiger partial charge on any atom is 0.260 e. The van der Waals surface area contributed by atoms with Crippen LogP contribution in [0.1, 0.15) is 0 Å². The number of ether oxygens (including phenoxy) is 2. The summed E-state index contributed by atoms with van der Waals surface area (Å²) in [7, 11) is 1.60. The molecule has 31 heavy (non-hydrogen) atoms. The fourth-order valence-corrected chi connectivity index (χ4v) is 3.24. The summed E-state index contributed by atoms with van der Waals surface area (Å²) in [5.41, 5.74) is 0. The minimum Gasteiger partial charge on any atom is -0.497 e. The van der Waals surface area contributed by atoms with Crippen molar-refractivity contribution in [2.24, 2.45) is 0 Å². The lowest BCUT2D eigenvalue weighted by Crippen LogP contribution is -2.50. The number of amides is 1. The molecule has 0 radical (unpaired) electrons. The van der Waals surface area contributed by atoms with Crippen molar-refractivity contribution in [3.05, 3.63) is 60.8 Å². The Morgan fingerprint density at radius 2 is 1.81 bits per heavy atom. The van der Waals surface area contributed by atoms with E-state index in [0.29, 0.717) is 49.3 Å². The first-order valence-corrected chi connectivity index (χ1v) is 10.0. The third kappa shape index (κ3) is 5.39. The molecular formula is C22H24N6O3. The summed E-state index contributed by atoms with van der Waals surface area (Å²) < 4.78 is 10.8. The summed E-state index contributed by atoms with van der Waals surface area (Å²) in [4.78, 5) is 20.6. The summed E-state index contributed by atoms with van der Waals surface area (Å²) in [6.45, 7) is 2.59. The monoisotopic (exact) mass is 420 g/mol. The van der Waals surface area contributed by atoms with E-state index < -0.39 is 0 Å². The Labute approximate surface area is 180 Å². The van der Waals surface area contributed by atoms with Crippen LogP contribution in [0.2, 0.25) is 0 Å². The molecule has 1 aromatic carbocycles. The van der Waals surface area contributed by atoms with E-state index in [9.17, 15) is 4.79 Å². The van der Waals surface area contributed by atoms with Crippen molar-refractivity contribution >= 4 is 23.4 Å². The molecule has 9 nitrogen and oxygen atoms in total. The van der Waals surface area contributed by atoms with E-state index in [4.69, 9.17) is 9.47 Å². The first kappa shape index (κ1) is 20.4. The Hall–Kier alpha value is -3.88. The first-order chi connectivity index (χ1) is 15.2. The maximum absolute atomic E-state index is 12.5. The molecule has 1 saturated heterocycles. The molecule has 1 aliphatic heterocycles. The van der Waals surface area contributed by atoms with Gasteiger partial charge in [0.05, 0.1) is 7.11 Å². The van der Waals surface area contributed by atoms with Crippen LogP contribution in [0.25, 0.3) is 0 Å². The lowest BCUT2D eigenvalue weighted by atomic mass is 10.3. The van der Waals surface area contributed by atoms with E-state index >= 15 is 0 Å². The van der Waals surface area contributed by atoms with Crippen molar-refractivity contribution in [1.82, 2.24) is 20.1 Å². The molecule has 9 heteroatoms. The van der Waals surface area contributed by atoms with Gasteiger partial charge in [0, 0.05) is 38.4 Å². The van der Waals surface area contributed by atoms with E-state index in [-0.39, 0.29) is 12.5 Å². The van der Waals surface area contributed by atoms with Crippen LogP contribution in [-0.2, 0) is 4.79 Å². The Morgan fingerprint density at radius 3 is 2.52 bits per heavy atom. The maximum atomic E-state index is 12.5. The Morgan fingerprint density at radius 1 is 0.968 bits per heavy atom. The number of rotatable bonds is 7. The normalized spacial score (nSPS) is 13.6. The third-order valence-electron chi connectivity index (χ3n) is 4.93. The minimum atomic E-state index is -0.0385. The van der Waals surface area contributed by atoms with Crippen molar-refractivity contribution < 1.29 is 14.3 Å². The summed E-state index contributed by atoms with van der Waals surface area (Å²) >= 11 is 0. The highest BCUT2D eigenvalue weighted by molar-refractivity contribution is 5.78. The van der Waals surface area contributed by atoms with Gasteiger partial charge in [0.1, 0.15) is 17.3 Å². The number of piperazine rings is 1. The second-order valence-corrected chi connectivity index (χ2v) is 6.95. The fraction of sp³-hybridized carbons (Fsp3) is 0.273. The van der Waals surface area contributed by atoms with Gasteiger partial charge in [0.15, 0.2) is 18.2 Å². The van der Waals surface area contributed by atoms with Gasteiger partial charge < -0.3 is 24.6 Å². The van der Waals surface area contributed by atoms with Gasteiger partial charge in [-0.3, -0.25) is 4.79 Å². The number of pyridine rings is 1. The van der Waals surface area contributed by atoms with Crippen LogP contribution in [0.4, 0.5) is 17.5 Å². The van der Waals surface area contributed by atoms with E-state index in [1.165, 1.54) is 0 Å². The molecule has 1 N–H and O–H groups in total. The number of aromatic nitrogens is 3. The zero-order valence-corrected chi connectivity index (χ0v) is 17.3. The van der Waals surface area contributed by atoms with Gasteiger partial charge in [-0.1, -0.05) is 12.1 Å². The third-order valence-corrected chi connectivity index (χ3v) is 4.93. The molecule has 0 atom stereocenters. The van der Waals surface area contributed by atoms with Crippen molar-refractivity contribution in [3.8, 4) is 11.5 Å². The smallest absolute Gasteiger partial charge is 0.260 e. The first-order valence-electron chi connectivity index (χ1n) is 10.0. The standard InChI is InChI=1S/C22H24N6O3/c1-30-17-5-4-6-18(15-17)31-16-22(29)28-13-11-27(12-14-28)21-9-8-20(25-26-21)24-19-7-2-3-10-23-19/h2-10,15H,11-14,16H2,1H3,(H,23,24,25). The van der Waals surface area contributed by atoms with Crippen LogP contribution in [0.15, 0.2) is 60.8 Å². The number of nitrogens with one attached hydrogen (secondary N) is 1.